The molecule has 5 rings (SSSR count). The Labute approximate surface area is 254 Å². The molecule has 0 saturated heterocycles. The first-order valence-electron chi connectivity index (χ1n) is 14.2. The minimum Gasteiger partial charge on any atom is -0.256 e. The molecule has 0 N–H and O–H groups in total. The molecular formula is C36H25F8N. The summed E-state index contributed by atoms with van der Waals surface area (Å²) in [5, 5.41) is -1.32. The number of halogens is 8. The number of pyridine rings is 1. The van der Waals surface area contributed by atoms with Crippen LogP contribution in [0.4, 0.5) is 35.1 Å². The van der Waals surface area contributed by atoms with Gasteiger partial charge in [0, 0.05) is 23.2 Å². The lowest BCUT2D eigenvalue weighted by molar-refractivity contribution is -0.0696. The standard InChI is InChI=1S/C36H25F8N/c1-2-3-4-5-6-21-7-9-22(10-8-21)23-11-12-32(45-20-23)24-16-29(38)33(30(39)17-24)25-15-26-18-28(37)27(13-14-36(42,43)44)35(41)34(26)31(40)19-25/h7-12,15-20H,2-6H2,1H3. The number of aromatic nitrogens is 1. The predicted octanol–water partition coefficient (Wildman–Crippen LogP) is 11.0. The van der Waals surface area contributed by atoms with Crippen LogP contribution in [0.25, 0.3) is 44.3 Å². The Morgan fingerprint density at radius 3 is 1.96 bits per heavy atom. The fourth-order valence-electron chi connectivity index (χ4n) is 5.16. The van der Waals surface area contributed by atoms with Crippen LogP contribution < -0.4 is 0 Å². The van der Waals surface area contributed by atoms with Crippen molar-refractivity contribution in [1.29, 1.82) is 0 Å². The first-order valence-corrected chi connectivity index (χ1v) is 14.2. The van der Waals surface area contributed by atoms with Gasteiger partial charge in [-0.05, 0) is 71.3 Å². The van der Waals surface area contributed by atoms with E-state index < -0.39 is 57.2 Å². The van der Waals surface area contributed by atoms with Crippen molar-refractivity contribution < 1.29 is 35.1 Å². The molecule has 9 heteroatoms. The molecule has 0 aliphatic heterocycles. The number of alkyl halides is 3. The number of unbranched alkanes of at least 4 members (excludes halogenated alkanes) is 3. The number of aryl methyl sites for hydroxylation is 1. The Kier molecular flexibility index (Phi) is 9.24. The SMILES string of the molecule is CCCCCCc1ccc(-c2ccc(-c3cc(F)c(-c4cc(F)c5c(F)c(C#CC(F)(F)F)c(F)cc5c4)c(F)c3)nc2)cc1. The second-order valence-electron chi connectivity index (χ2n) is 10.6. The van der Waals surface area contributed by atoms with Crippen LogP contribution in [0.2, 0.25) is 0 Å². The fraction of sp³-hybridized carbons (Fsp3) is 0.194. The molecule has 0 aliphatic rings. The lowest BCUT2D eigenvalue weighted by Gasteiger charge is -2.12. The number of benzene rings is 4. The largest absolute Gasteiger partial charge is 0.458 e. The van der Waals surface area contributed by atoms with Crippen molar-refractivity contribution in [3.8, 4) is 45.4 Å². The lowest BCUT2D eigenvalue weighted by Crippen LogP contribution is -2.03. The molecule has 1 aromatic heterocycles. The third-order valence-electron chi connectivity index (χ3n) is 7.41. The second kappa shape index (κ2) is 13.1. The molecule has 0 atom stereocenters. The van der Waals surface area contributed by atoms with Gasteiger partial charge in [0.15, 0.2) is 5.82 Å². The maximum Gasteiger partial charge on any atom is 0.458 e. The highest BCUT2D eigenvalue weighted by molar-refractivity contribution is 5.90. The number of rotatable bonds is 8. The number of fused-ring (bicyclic) bond motifs is 1. The maximum atomic E-state index is 15.3. The summed E-state index contributed by atoms with van der Waals surface area (Å²) in [6.45, 7) is 2.17. The molecule has 0 amide bonds. The predicted molar refractivity (Wildman–Crippen MR) is 159 cm³/mol. The summed E-state index contributed by atoms with van der Waals surface area (Å²) < 4.78 is 112. The maximum absolute atomic E-state index is 15.3. The van der Waals surface area contributed by atoms with Gasteiger partial charge >= 0.3 is 6.18 Å². The molecule has 0 spiro atoms. The zero-order chi connectivity index (χ0) is 32.3. The molecule has 0 fully saturated rings. The Bertz CT molecular complexity index is 1890. The van der Waals surface area contributed by atoms with Gasteiger partial charge in [0.1, 0.15) is 23.3 Å². The summed E-state index contributed by atoms with van der Waals surface area (Å²) in [6, 6.07) is 15.7. The minimum atomic E-state index is -5.03. The van der Waals surface area contributed by atoms with E-state index in [1.54, 1.807) is 18.3 Å². The molecule has 45 heavy (non-hydrogen) atoms. The third kappa shape index (κ3) is 7.17. The summed E-state index contributed by atoms with van der Waals surface area (Å²) >= 11 is 0. The van der Waals surface area contributed by atoms with Crippen molar-refractivity contribution in [3.05, 3.63) is 113 Å². The van der Waals surface area contributed by atoms with Gasteiger partial charge < -0.3 is 0 Å². The Morgan fingerprint density at radius 2 is 1.33 bits per heavy atom. The molecule has 0 bridgehead atoms. The highest BCUT2D eigenvalue weighted by atomic mass is 19.4. The smallest absolute Gasteiger partial charge is 0.256 e. The van der Waals surface area contributed by atoms with Crippen molar-refractivity contribution in [2.75, 3.05) is 0 Å². The molecule has 0 radical (unpaired) electrons. The van der Waals surface area contributed by atoms with Gasteiger partial charge in [-0.25, -0.2) is 22.0 Å². The van der Waals surface area contributed by atoms with Crippen LogP contribution >= 0.6 is 0 Å². The van der Waals surface area contributed by atoms with E-state index in [1.165, 1.54) is 30.7 Å². The second-order valence-corrected chi connectivity index (χ2v) is 10.6. The normalized spacial score (nSPS) is 11.5. The molecule has 0 unspecified atom stereocenters. The lowest BCUT2D eigenvalue weighted by atomic mass is 9.96. The van der Waals surface area contributed by atoms with E-state index in [4.69, 9.17) is 0 Å². The van der Waals surface area contributed by atoms with E-state index in [0.29, 0.717) is 12.1 Å². The van der Waals surface area contributed by atoms with E-state index in [9.17, 15) is 26.3 Å². The summed E-state index contributed by atoms with van der Waals surface area (Å²) in [4.78, 5) is 4.36. The molecule has 1 nitrogen and oxygen atoms in total. The van der Waals surface area contributed by atoms with Gasteiger partial charge in [-0.1, -0.05) is 62.4 Å². The zero-order valence-electron chi connectivity index (χ0n) is 23.9. The molecular weight excluding hydrogens is 598 g/mol. The monoisotopic (exact) mass is 623 g/mol. The number of hydrogen-bond acceptors (Lipinski definition) is 1. The van der Waals surface area contributed by atoms with Crippen molar-refractivity contribution in [2.45, 2.75) is 45.2 Å². The molecule has 0 saturated carbocycles. The summed E-state index contributed by atoms with van der Waals surface area (Å²) in [5.74, 6) is -4.60. The van der Waals surface area contributed by atoms with Gasteiger partial charge in [-0.3, -0.25) is 4.98 Å². The van der Waals surface area contributed by atoms with Crippen LogP contribution in [0.15, 0.2) is 72.9 Å². The van der Waals surface area contributed by atoms with Gasteiger partial charge in [0.2, 0.25) is 0 Å². The first kappa shape index (κ1) is 31.7. The van der Waals surface area contributed by atoms with Gasteiger partial charge in [0.25, 0.3) is 0 Å². The van der Waals surface area contributed by atoms with Crippen LogP contribution in [0.1, 0.15) is 43.7 Å². The van der Waals surface area contributed by atoms with Crippen molar-refractivity contribution in [2.24, 2.45) is 0 Å². The highest BCUT2D eigenvalue weighted by Gasteiger charge is 2.25. The molecule has 0 aliphatic carbocycles. The Hall–Kier alpha value is -4.71. The minimum absolute atomic E-state index is 0.106. The van der Waals surface area contributed by atoms with E-state index in [-0.39, 0.29) is 16.8 Å². The van der Waals surface area contributed by atoms with Crippen molar-refractivity contribution in [3.63, 3.8) is 0 Å². The van der Waals surface area contributed by atoms with Crippen LogP contribution in [0.5, 0.6) is 0 Å². The average Bonchev–Trinajstić information content (AvgIpc) is 2.98. The van der Waals surface area contributed by atoms with E-state index >= 15 is 8.78 Å². The van der Waals surface area contributed by atoms with E-state index in [1.807, 2.05) is 12.1 Å². The third-order valence-corrected chi connectivity index (χ3v) is 7.41. The van der Waals surface area contributed by atoms with Gasteiger partial charge in [-0.15, -0.1) is 0 Å². The van der Waals surface area contributed by atoms with Crippen molar-refractivity contribution >= 4 is 10.8 Å². The van der Waals surface area contributed by atoms with Crippen LogP contribution in [-0.4, -0.2) is 11.2 Å². The summed E-state index contributed by atoms with van der Waals surface area (Å²) in [7, 11) is 0. The van der Waals surface area contributed by atoms with Crippen LogP contribution in [0, 0.1) is 40.9 Å². The fourth-order valence-corrected chi connectivity index (χ4v) is 5.16. The number of nitrogens with zero attached hydrogens (tertiary/aromatic N) is 1. The molecule has 4 aromatic carbocycles. The van der Waals surface area contributed by atoms with Gasteiger partial charge in [-0.2, -0.15) is 13.2 Å². The highest BCUT2D eigenvalue weighted by Crippen LogP contribution is 2.36. The Balaban J connectivity index is 1.41. The first-order chi connectivity index (χ1) is 21.4. The van der Waals surface area contributed by atoms with E-state index in [2.05, 4.69) is 24.0 Å². The summed E-state index contributed by atoms with van der Waals surface area (Å²) in [5.41, 5.74) is 1.07. The number of hydrogen-bond donors (Lipinski definition) is 0. The van der Waals surface area contributed by atoms with Gasteiger partial charge in [0.05, 0.1) is 22.2 Å². The topological polar surface area (TPSA) is 12.9 Å². The van der Waals surface area contributed by atoms with E-state index in [0.717, 1.165) is 48.1 Å². The molecule has 1 heterocycles. The van der Waals surface area contributed by atoms with Crippen molar-refractivity contribution in [1.82, 2.24) is 4.98 Å². The quantitative estimate of drug-likeness (QED) is 0.0952. The summed E-state index contributed by atoms with van der Waals surface area (Å²) in [6.07, 6.45) is 2.28. The molecule has 5 aromatic rings. The zero-order valence-corrected chi connectivity index (χ0v) is 23.9. The average molecular weight is 624 g/mol. The molecule has 230 valence electrons. The Morgan fingerprint density at radius 1 is 0.667 bits per heavy atom. The van der Waals surface area contributed by atoms with Crippen LogP contribution in [-0.2, 0) is 6.42 Å². The van der Waals surface area contributed by atoms with Crippen LogP contribution in [0.3, 0.4) is 0 Å².